The summed E-state index contributed by atoms with van der Waals surface area (Å²) in [5, 5.41) is 3.30. The fourth-order valence-electron chi connectivity index (χ4n) is 2.75. The molecule has 1 atom stereocenters. The second kappa shape index (κ2) is 8.77. The van der Waals surface area contributed by atoms with E-state index in [4.69, 9.17) is 0 Å². The van der Waals surface area contributed by atoms with Crippen LogP contribution in [0.3, 0.4) is 0 Å². The Morgan fingerprint density at radius 1 is 1.11 bits per heavy atom. The largest absolute Gasteiger partial charge is 0.348 e. The second-order valence-electron chi connectivity index (χ2n) is 6.07. The SMILES string of the molecule is CCN(C(=O)c1ccc(Br)cc1)c1ccnc(N[C@@H](C)c2ccccc2)n1. The lowest BCUT2D eigenvalue weighted by Crippen LogP contribution is -2.31. The van der Waals surface area contributed by atoms with E-state index in [0.717, 1.165) is 10.0 Å². The highest BCUT2D eigenvalue weighted by Crippen LogP contribution is 2.20. The Morgan fingerprint density at radius 3 is 2.48 bits per heavy atom. The van der Waals surface area contributed by atoms with Gasteiger partial charge in [-0.05, 0) is 49.7 Å². The van der Waals surface area contributed by atoms with Crippen molar-refractivity contribution in [3.05, 3.63) is 82.5 Å². The first-order chi connectivity index (χ1) is 13.1. The van der Waals surface area contributed by atoms with Crippen LogP contribution in [0.5, 0.6) is 0 Å². The van der Waals surface area contributed by atoms with Gasteiger partial charge in [0.15, 0.2) is 0 Å². The number of amides is 1. The smallest absolute Gasteiger partial charge is 0.259 e. The zero-order valence-corrected chi connectivity index (χ0v) is 16.8. The lowest BCUT2D eigenvalue weighted by molar-refractivity contribution is 0.0987. The molecular weight excluding hydrogens is 404 g/mol. The Morgan fingerprint density at radius 2 is 1.81 bits per heavy atom. The van der Waals surface area contributed by atoms with Gasteiger partial charge in [0, 0.05) is 22.8 Å². The molecule has 3 aromatic rings. The maximum absolute atomic E-state index is 12.9. The van der Waals surface area contributed by atoms with E-state index in [-0.39, 0.29) is 11.9 Å². The van der Waals surface area contributed by atoms with Gasteiger partial charge in [0.1, 0.15) is 5.82 Å². The lowest BCUT2D eigenvalue weighted by atomic mass is 10.1. The summed E-state index contributed by atoms with van der Waals surface area (Å²) in [5.41, 5.74) is 1.76. The molecule has 0 saturated heterocycles. The highest BCUT2D eigenvalue weighted by atomic mass is 79.9. The van der Waals surface area contributed by atoms with Gasteiger partial charge in [0.05, 0.1) is 6.04 Å². The first-order valence-corrected chi connectivity index (χ1v) is 9.59. The average molecular weight is 425 g/mol. The molecule has 0 saturated carbocycles. The van der Waals surface area contributed by atoms with Crippen molar-refractivity contribution in [3.63, 3.8) is 0 Å². The van der Waals surface area contributed by atoms with Crippen molar-refractivity contribution in [2.75, 3.05) is 16.8 Å². The molecule has 0 bridgehead atoms. The zero-order chi connectivity index (χ0) is 19.2. The van der Waals surface area contributed by atoms with Gasteiger partial charge in [0.25, 0.3) is 5.91 Å². The average Bonchev–Trinajstić information content (AvgIpc) is 2.70. The summed E-state index contributed by atoms with van der Waals surface area (Å²) in [6.45, 7) is 4.49. The first-order valence-electron chi connectivity index (χ1n) is 8.80. The minimum absolute atomic E-state index is 0.0544. The lowest BCUT2D eigenvalue weighted by Gasteiger charge is -2.21. The van der Waals surface area contributed by atoms with Gasteiger partial charge < -0.3 is 5.32 Å². The number of benzene rings is 2. The van der Waals surface area contributed by atoms with Crippen molar-refractivity contribution < 1.29 is 4.79 Å². The van der Waals surface area contributed by atoms with E-state index in [1.165, 1.54) is 0 Å². The molecule has 0 aliphatic rings. The number of aromatic nitrogens is 2. The van der Waals surface area contributed by atoms with Crippen LogP contribution in [-0.4, -0.2) is 22.4 Å². The van der Waals surface area contributed by atoms with Crippen molar-refractivity contribution in [1.29, 1.82) is 0 Å². The van der Waals surface area contributed by atoms with Gasteiger partial charge in [-0.2, -0.15) is 4.98 Å². The molecule has 27 heavy (non-hydrogen) atoms. The molecule has 2 aromatic carbocycles. The fourth-order valence-corrected chi connectivity index (χ4v) is 3.01. The maximum Gasteiger partial charge on any atom is 0.259 e. The second-order valence-corrected chi connectivity index (χ2v) is 6.99. The van der Waals surface area contributed by atoms with Crippen LogP contribution in [0.1, 0.15) is 35.8 Å². The molecule has 1 N–H and O–H groups in total. The van der Waals surface area contributed by atoms with Gasteiger partial charge in [-0.15, -0.1) is 0 Å². The number of carbonyl (C=O) groups excluding carboxylic acids is 1. The molecule has 5 nitrogen and oxygen atoms in total. The Kier molecular flexibility index (Phi) is 6.19. The van der Waals surface area contributed by atoms with Crippen LogP contribution in [0.4, 0.5) is 11.8 Å². The van der Waals surface area contributed by atoms with Crippen molar-refractivity contribution in [2.45, 2.75) is 19.9 Å². The normalized spacial score (nSPS) is 11.7. The molecule has 138 valence electrons. The van der Waals surface area contributed by atoms with E-state index in [1.807, 2.05) is 37.3 Å². The van der Waals surface area contributed by atoms with E-state index in [2.05, 4.69) is 50.3 Å². The summed E-state index contributed by atoms with van der Waals surface area (Å²) in [7, 11) is 0. The third-order valence-electron chi connectivity index (χ3n) is 4.22. The molecule has 0 spiro atoms. The highest BCUT2D eigenvalue weighted by Gasteiger charge is 2.18. The van der Waals surface area contributed by atoms with E-state index in [0.29, 0.717) is 23.9 Å². The number of nitrogens with zero attached hydrogens (tertiary/aromatic N) is 3. The van der Waals surface area contributed by atoms with Crippen molar-refractivity contribution in [2.24, 2.45) is 0 Å². The molecule has 0 unspecified atom stereocenters. The maximum atomic E-state index is 12.9. The van der Waals surface area contributed by atoms with Gasteiger partial charge in [-0.25, -0.2) is 4.98 Å². The van der Waals surface area contributed by atoms with Crippen LogP contribution in [0.2, 0.25) is 0 Å². The topological polar surface area (TPSA) is 58.1 Å². The van der Waals surface area contributed by atoms with Gasteiger partial charge in [-0.3, -0.25) is 9.69 Å². The summed E-state index contributed by atoms with van der Waals surface area (Å²) >= 11 is 3.39. The number of halogens is 1. The van der Waals surface area contributed by atoms with E-state index >= 15 is 0 Å². The number of carbonyl (C=O) groups is 1. The molecule has 6 heteroatoms. The Bertz CT molecular complexity index is 900. The zero-order valence-electron chi connectivity index (χ0n) is 15.3. The molecule has 0 aliphatic heterocycles. The first kappa shape index (κ1) is 19.0. The van der Waals surface area contributed by atoms with Gasteiger partial charge in [0.2, 0.25) is 5.95 Å². The van der Waals surface area contributed by atoms with Crippen LogP contribution < -0.4 is 10.2 Å². The van der Waals surface area contributed by atoms with E-state index in [1.54, 1.807) is 29.3 Å². The molecular formula is C21H21BrN4O. The summed E-state index contributed by atoms with van der Waals surface area (Å²) in [5.74, 6) is 0.972. The molecule has 0 fully saturated rings. The summed E-state index contributed by atoms with van der Waals surface area (Å²) in [6, 6.07) is 19.2. The van der Waals surface area contributed by atoms with Crippen LogP contribution in [0, 0.1) is 0 Å². The van der Waals surface area contributed by atoms with Crippen LogP contribution in [-0.2, 0) is 0 Å². The molecule has 1 heterocycles. The standard InChI is InChI=1S/C21H21BrN4O/c1-3-26(20(27)17-9-11-18(22)12-10-17)19-13-14-23-21(25-19)24-15(2)16-7-5-4-6-8-16/h4-15H,3H2,1-2H3,(H,23,24,25)/t15-/m0/s1. The number of hydrogen-bond donors (Lipinski definition) is 1. The number of rotatable bonds is 6. The van der Waals surface area contributed by atoms with Crippen molar-refractivity contribution >= 4 is 33.6 Å². The highest BCUT2D eigenvalue weighted by molar-refractivity contribution is 9.10. The quantitative estimate of drug-likeness (QED) is 0.599. The Hall–Kier alpha value is -2.73. The molecule has 0 aliphatic carbocycles. The number of hydrogen-bond acceptors (Lipinski definition) is 4. The molecule has 1 aromatic heterocycles. The molecule has 0 radical (unpaired) electrons. The minimum atomic E-state index is -0.0919. The van der Waals surface area contributed by atoms with E-state index in [9.17, 15) is 4.79 Å². The monoisotopic (exact) mass is 424 g/mol. The van der Waals surface area contributed by atoms with Gasteiger partial charge >= 0.3 is 0 Å². The van der Waals surface area contributed by atoms with Crippen LogP contribution in [0.15, 0.2) is 71.3 Å². The Labute approximate surface area is 167 Å². The minimum Gasteiger partial charge on any atom is -0.348 e. The molecule has 3 rings (SSSR count). The summed E-state index contributed by atoms with van der Waals surface area (Å²) in [4.78, 5) is 23.4. The van der Waals surface area contributed by atoms with Gasteiger partial charge in [-0.1, -0.05) is 46.3 Å². The predicted octanol–water partition coefficient (Wildman–Crippen LogP) is 5.08. The summed E-state index contributed by atoms with van der Waals surface area (Å²) < 4.78 is 0.936. The van der Waals surface area contributed by atoms with E-state index < -0.39 is 0 Å². The fraction of sp³-hybridized carbons (Fsp3) is 0.190. The molecule has 1 amide bonds. The third kappa shape index (κ3) is 4.71. The number of anilines is 2. The van der Waals surface area contributed by atoms with Crippen molar-refractivity contribution in [3.8, 4) is 0 Å². The van der Waals surface area contributed by atoms with Crippen molar-refractivity contribution in [1.82, 2.24) is 9.97 Å². The third-order valence-corrected chi connectivity index (χ3v) is 4.74. The van der Waals surface area contributed by atoms with Crippen LogP contribution >= 0.6 is 15.9 Å². The Balaban J connectivity index is 1.80. The summed E-state index contributed by atoms with van der Waals surface area (Å²) in [6.07, 6.45) is 1.67. The van der Waals surface area contributed by atoms with Crippen LogP contribution in [0.25, 0.3) is 0 Å². The number of nitrogens with one attached hydrogen (secondary N) is 1. The predicted molar refractivity (Wildman–Crippen MR) is 112 cm³/mol.